The first kappa shape index (κ1) is 14.5. The lowest BCUT2D eigenvalue weighted by Crippen LogP contribution is -2.18. The van der Waals surface area contributed by atoms with Gasteiger partial charge in [-0.3, -0.25) is 0 Å². The maximum atomic E-state index is 9.71. The lowest BCUT2D eigenvalue weighted by Gasteiger charge is -2.10. The quantitative estimate of drug-likeness (QED) is 0.840. The maximum Gasteiger partial charge on any atom is 0.138 e. The fourth-order valence-electron chi connectivity index (χ4n) is 1.96. The smallest absolute Gasteiger partial charge is 0.138 e. The standard InChI is InChI=1S/C15H21N3O2/c1-3-13(19)10-18-15(16-11-17-18)9-12-5-7-14(8-6-12)20-4-2/h5-8,11,13,19H,3-4,9-10H2,1-2H3/t13-/m1/s1. The molecule has 1 atom stereocenters. The second-order valence-electron chi connectivity index (χ2n) is 4.67. The van der Waals surface area contributed by atoms with Crippen molar-refractivity contribution in [2.24, 2.45) is 0 Å². The Hall–Kier alpha value is -1.88. The van der Waals surface area contributed by atoms with Gasteiger partial charge in [0.25, 0.3) is 0 Å². The van der Waals surface area contributed by atoms with Crippen molar-refractivity contribution >= 4 is 0 Å². The molecular weight excluding hydrogens is 254 g/mol. The van der Waals surface area contributed by atoms with Crippen molar-refractivity contribution in [1.29, 1.82) is 0 Å². The van der Waals surface area contributed by atoms with E-state index >= 15 is 0 Å². The molecule has 0 aliphatic rings. The fraction of sp³-hybridized carbons (Fsp3) is 0.467. The summed E-state index contributed by atoms with van der Waals surface area (Å²) in [5.41, 5.74) is 1.15. The Kier molecular flexibility index (Phi) is 5.12. The monoisotopic (exact) mass is 275 g/mol. The molecule has 1 aromatic heterocycles. The molecule has 5 heteroatoms. The van der Waals surface area contributed by atoms with E-state index in [1.807, 2.05) is 38.1 Å². The van der Waals surface area contributed by atoms with Crippen LogP contribution in [0, 0.1) is 0 Å². The van der Waals surface area contributed by atoms with Gasteiger partial charge in [-0.15, -0.1) is 0 Å². The van der Waals surface area contributed by atoms with E-state index in [9.17, 15) is 5.11 Å². The molecule has 0 amide bonds. The summed E-state index contributed by atoms with van der Waals surface area (Å²) in [6, 6.07) is 7.97. The summed E-state index contributed by atoms with van der Waals surface area (Å²) >= 11 is 0. The summed E-state index contributed by atoms with van der Waals surface area (Å²) in [4.78, 5) is 4.27. The molecule has 0 aliphatic heterocycles. The van der Waals surface area contributed by atoms with Crippen LogP contribution in [0.3, 0.4) is 0 Å². The molecule has 0 fully saturated rings. The van der Waals surface area contributed by atoms with Crippen LogP contribution in [0.5, 0.6) is 5.75 Å². The van der Waals surface area contributed by atoms with Crippen molar-refractivity contribution in [2.75, 3.05) is 6.61 Å². The Labute approximate surface area is 119 Å². The predicted molar refractivity (Wildman–Crippen MR) is 76.7 cm³/mol. The number of nitrogens with zero attached hydrogens (tertiary/aromatic N) is 3. The first-order valence-electron chi connectivity index (χ1n) is 6.99. The lowest BCUT2D eigenvalue weighted by atomic mass is 10.1. The molecule has 0 aliphatic carbocycles. The van der Waals surface area contributed by atoms with Crippen LogP contribution >= 0.6 is 0 Å². The second kappa shape index (κ2) is 7.05. The minimum atomic E-state index is -0.379. The third-order valence-electron chi connectivity index (χ3n) is 3.15. The van der Waals surface area contributed by atoms with Gasteiger partial charge in [0, 0.05) is 6.42 Å². The van der Waals surface area contributed by atoms with Crippen molar-refractivity contribution in [3.63, 3.8) is 0 Å². The van der Waals surface area contributed by atoms with Crippen LogP contribution in [-0.2, 0) is 13.0 Å². The van der Waals surface area contributed by atoms with Gasteiger partial charge in [-0.1, -0.05) is 19.1 Å². The summed E-state index contributed by atoms with van der Waals surface area (Å²) < 4.78 is 7.19. The van der Waals surface area contributed by atoms with Gasteiger partial charge in [0.1, 0.15) is 17.9 Å². The van der Waals surface area contributed by atoms with Crippen LogP contribution in [0.25, 0.3) is 0 Å². The van der Waals surface area contributed by atoms with E-state index < -0.39 is 0 Å². The van der Waals surface area contributed by atoms with E-state index in [0.717, 1.165) is 17.1 Å². The Bertz CT molecular complexity index is 522. The number of hydrogen-bond donors (Lipinski definition) is 1. The minimum Gasteiger partial charge on any atom is -0.494 e. The second-order valence-corrected chi connectivity index (χ2v) is 4.67. The molecule has 108 valence electrons. The van der Waals surface area contributed by atoms with Gasteiger partial charge in [-0.2, -0.15) is 5.10 Å². The highest BCUT2D eigenvalue weighted by atomic mass is 16.5. The largest absolute Gasteiger partial charge is 0.494 e. The molecule has 5 nitrogen and oxygen atoms in total. The van der Waals surface area contributed by atoms with Gasteiger partial charge in [0.15, 0.2) is 0 Å². The summed E-state index contributed by atoms with van der Waals surface area (Å²) in [6.07, 6.45) is 2.56. The third-order valence-corrected chi connectivity index (χ3v) is 3.15. The summed E-state index contributed by atoms with van der Waals surface area (Å²) in [6.45, 7) is 5.08. The molecule has 0 saturated carbocycles. The summed E-state index contributed by atoms with van der Waals surface area (Å²) in [5, 5.41) is 13.9. The Balaban J connectivity index is 2.04. The van der Waals surface area contributed by atoms with Crippen LogP contribution in [0.15, 0.2) is 30.6 Å². The molecular formula is C15H21N3O2. The first-order chi connectivity index (χ1) is 9.72. The first-order valence-corrected chi connectivity index (χ1v) is 6.99. The van der Waals surface area contributed by atoms with Gasteiger partial charge < -0.3 is 9.84 Å². The average Bonchev–Trinajstić information content (AvgIpc) is 2.88. The molecule has 1 aromatic carbocycles. The van der Waals surface area contributed by atoms with Gasteiger partial charge >= 0.3 is 0 Å². The van der Waals surface area contributed by atoms with Gasteiger partial charge in [-0.05, 0) is 31.0 Å². The molecule has 2 rings (SSSR count). The molecule has 0 spiro atoms. The highest BCUT2D eigenvalue weighted by Crippen LogP contribution is 2.14. The Morgan fingerprint density at radius 1 is 1.25 bits per heavy atom. The number of aromatic nitrogens is 3. The number of rotatable bonds is 7. The van der Waals surface area contributed by atoms with E-state index in [-0.39, 0.29) is 6.10 Å². The number of benzene rings is 1. The van der Waals surface area contributed by atoms with Crippen molar-refractivity contribution in [3.05, 3.63) is 42.0 Å². The highest BCUT2D eigenvalue weighted by Gasteiger charge is 2.09. The molecule has 0 unspecified atom stereocenters. The summed E-state index contributed by atoms with van der Waals surface area (Å²) in [5.74, 6) is 1.74. The SMILES string of the molecule is CCOc1ccc(Cc2ncnn2C[C@H](O)CC)cc1. The number of hydrogen-bond acceptors (Lipinski definition) is 4. The van der Waals surface area contributed by atoms with E-state index in [2.05, 4.69) is 10.1 Å². The van der Waals surface area contributed by atoms with E-state index in [1.165, 1.54) is 6.33 Å². The molecule has 2 aromatic rings. The third kappa shape index (κ3) is 3.81. The Morgan fingerprint density at radius 3 is 2.65 bits per heavy atom. The topological polar surface area (TPSA) is 60.2 Å². The van der Waals surface area contributed by atoms with Crippen LogP contribution < -0.4 is 4.74 Å². The lowest BCUT2D eigenvalue weighted by molar-refractivity contribution is 0.144. The number of aliphatic hydroxyl groups excluding tert-OH is 1. The molecule has 1 heterocycles. The number of ether oxygens (including phenoxy) is 1. The van der Waals surface area contributed by atoms with Crippen molar-refractivity contribution in [2.45, 2.75) is 39.3 Å². The van der Waals surface area contributed by atoms with Gasteiger partial charge in [0.2, 0.25) is 0 Å². The normalized spacial score (nSPS) is 12.3. The molecule has 0 saturated heterocycles. The van der Waals surface area contributed by atoms with Crippen molar-refractivity contribution in [1.82, 2.24) is 14.8 Å². The molecule has 20 heavy (non-hydrogen) atoms. The predicted octanol–water partition coefficient (Wildman–Crippen LogP) is 2.04. The fourth-order valence-corrected chi connectivity index (χ4v) is 1.96. The van der Waals surface area contributed by atoms with Crippen LogP contribution in [-0.4, -0.2) is 32.6 Å². The highest BCUT2D eigenvalue weighted by molar-refractivity contribution is 5.28. The molecule has 0 bridgehead atoms. The zero-order valence-corrected chi connectivity index (χ0v) is 12.0. The van der Waals surface area contributed by atoms with Crippen molar-refractivity contribution in [3.8, 4) is 5.75 Å². The van der Waals surface area contributed by atoms with Gasteiger partial charge in [0.05, 0.1) is 19.3 Å². The maximum absolute atomic E-state index is 9.71. The van der Waals surface area contributed by atoms with Crippen LogP contribution in [0.2, 0.25) is 0 Å². The van der Waals surface area contributed by atoms with E-state index in [4.69, 9.17) is 4.74 Å². The number of aliphatic hydroxyl groups is 1. The molecule has 1 N–H and O–H groups in total. The Morgan fingerprint density at radius 2 is 2.00 bits per heavy atom. The zero-order valence-electron chi connectivity index (χ0n) is 12.0. The van der Waals surface area contributed by atoms with Crippen LogP contribution in [0.4, 0.5) is 0 Å². The van der Waals surface area contributed by atoms with E-state index in [1.54, 1.807) is 4.68 Å². The summed E-state index contributed by atoms with van der Waals surface area (Å²) in [7, 11) is 0. The zero-order chi connectivity index (χ0) is 14.4. The van der Waals surface area contributed by atoms with Crippen LogP contribution in [0.1, 0.15) is 31.7 Å². The van der Waals surface area contributed by atoms with Crippen molar-refractivity contribution < 1.29 is 9.84 Å². The minimum absolute atomic E-state index is 0.379. The molecule has 0 radical (unpaired) electrons. The van der Waals surface area contributed by atoms with E-state index in [0.29, 0.717) is 26.0 Å². The average molecular weight is 275 g/mol. The van der Waals surface area contributed by atoms with Gasteiger partial charge in [-0.25, -0.2) is 9.67 Å².